The average Bonchev–Trinajstić information content (AvgIpc) is 2.32. The van der Waals surface area contributed by atoms with Crippen molar-refractivity contribution in [2.45, 2.75) is 13.3 Å². The van der Waals surface area contributed by atoms with Crippen molar-refractivity contribution < 1.29 is 14.7 Å². The third-order valence-electron chi connectivity index (χ3n) is 2.47. The first-order chi connectivity index (χ1) is 8.41. The Morgan fingerprint density at radius 3 is 2.78 bits per heavy atom. The van der Waals surface area contributed by atoms with Gasteiger partial charge in [-0.1, -0.05) is 27.5 Å². The van der Waals surface area contributed by atoms with Crippen LogP contribution in [0, 0.1) is 5.92 Å². The molecule has 6 heteroatoms. The number of carboxylic acids is 1. The van der Waals surface area contributed by atoms with Gasteiger partial charge in [-0.3, -0.25) is 9.59 Å². The lowest BCUT2D eigenvalue weighted by Crippen LogP contribution is -2.34. The molecule has 0 radical (unpaired) electrons. The molecule has 0 aromatic heterocycles. The predicted molar refractivity (Wildman–Crippen MR) is 72.7 cm³/mol. The predicted octanol–water partition coefficient (Wildman–Crippen LogP) is 2.48. The molecule has 4 nitrogen and oxygen atoms in total. The first-order valence-electron chi connectivity index (χ1n) is 5.36. The lowest BCUT2D eigenvalue weighted by atomic mass is 10.1. The van der Waals surface area contributed by atoms with Gasteiger partial charge in [-0.05, 0) is 37.1 Å². The molecule has 1 atom stereocenters. The zero-order valence-corrected chi connectivity index (χ0v) is 12.1. The molecule has 1 rings (SSSR count). The maximum atomic E-state index is 11.4. The van der Waals surface area contributed by atoms with Gasteiger partial charge in [-0.2, -0.15) is 0 Å². The highest BCUT2D eigenvalue weighted by Crippen LogP contribution is 2.21. The van der Waals surface area contributed by atoms with E-state index in [1.807, 2.05) is 6.07 Å². The summed E-state index contributed by atoms with van der Waals surface area (Å²) in [5.74, 6) is -2.65. The van der Waals surface area contributed by atoms with E-state index in [2.05, 4.69) is 21.2 Å². The maximum Gasteiger partial charge on any atom is 0.315 e. The van der Waals surface area contributed by atoms with Gasteiger partial charge in [-0.15, -0.1) is 0 Å². The fraction of sp³-hybridized carbons (Fsp3) is 0.333. The van der Waals surface area contributed by atoms with Gasteiger partial charge in [0.15, 0.2) is 0 Å². The Balaban J connectivity index is 2.49. The minimum absolute atomic E-state index is 0.370. The van der Waals surface area contributed by atoms with Crippen LogP contribution >= 0.6 is 27.5 Å². The zero-order valence-electron chi connectivity index (χ0n) is 9.74. The monoisotopic (exact) mass is 333 g/mol. The highest BCUT2D eigenvalue weighted by molar-refractivity contribution is 9.10. The topological polar surface area (TPSA) is 66.4 Å². The number of benzene rings is 1. The highest BCUT2D eigenvalue weighted by Gasteiger charge is 2.19. The third-order valence-corrected chi connectivity index (χ3v) is 3.47. The maximum absolute atomic E-state index is 11.4. The van der Waals surface area contributed by atoms with Crippen LogP contribution in [-0.4, -0.2) is 23.5 Å². The molecule has 0 saturated carbocycles. The van der Waals surface area contributed by atoms with E-state index in [1.165, 1.54) is 6.92 Å². The smallest absolute Gasteiger partial charge is 0.315 e. The molecule has 0 spiro atoms. The second-order valence-electron chi connectivity index (χ2n) is 3.84. The normalized spacial score (nSPS) is 11.9. The summed E-state index contributed by atoms with van der Waals surface area (Å²) in [6.07, 6.45) is 0.583. The first kappa shape index (κ1) is 15.0. The Kier molecular flexibility index (Phi) is 5.62. The van der Waals surface area contributed by atoms with Crippen molar-refractivity contribution in [3.05, 3.63) is 33.3 Å². The number of carboxylic acid groups (broad SMARTS) is 1. The Hall–Kier alpha value is -1.07. The van der Waals surface area contributed by atoms with Crippen molar-refractivity contribution in [1.82, 2.24) is 5.32 Å². The van der Waals surface area contributed by atoms with Crippen LogP contribution in [0.4, 0.5) is 0 Å². The largest absolute Gasteiger partial charge is 0.481 e. The Labute approximate surface area is 118 Å². The van der Waals surface area contributed by atoms with Gasteiger partial charge in [-0.25, -0.2) is 0 Å². The van der Waals surface area contributed by atoms with E-state index in [4.69, 9.17) is 16.7 Å². The number of rotatable bonds is 5. The highest BCUT2D eigenvalue weighted by atomic mass is 79.9. The molecule has 0 aliphatic rings. The number of carbonyl (C=O) groups is 2. The zero-order chi connectivity index (χ0) is 13.7. The first-order valence-corrected chi connectivity index (χ1v) is 6.53. The van der Waals surface area contributed by atoms with Crippen molar-refractivity contribution in [1.29, 1.82) is 0 Å². The average molecular weight is 335 g/mol. The molecule has 1 unspecified atom stereocenters. The Morgan fingerprint density at radius 1 is 1.50 bits per heavy atom. The molecule has 0 aliphatic heterocycles. The summed E-state index contributed by atoms with van der Waals surface area (Å²) in [5, 5.41) is 11.9. The summed E-state index contributed by atoms with van der Waals surface area (Å²) >= 11 is 9.25. The van der Waals surface area contributed by atoms with Crippen LogP contribution in [0.5, 0.6) is 0 Å². The van der Waals surface area contributed by atoms with E-state index in [0.717, 1.165) is 10.0 Å². The van der Waals surface area contributed by atoms with E-state index in [1.54, 1.807) is 12.1 Å². The van der Waals surface area contributed by atoms with Crippen LogP contribution in [0.15, 0.2) is 22.7 Å². The van der Waals surface area contributed by atoms with Gasteiger partial charge >= 0.3 is 5.97 Å². The lowest BCUT2D eigenvalue weighted by Gasteiger charge is -2.09. The second-order valence-corrected chi connectivity index (χ2v) is 5.13. The van der Waals surface area contributed by atoms with E-state index in [0.29, 0.717) is 18.0 Å². The fourth-order valence-electron chi connectivity index (χ4n) is 1.32. The molecule has 98 valence electrons. The molecular formula is C12H13BrClNO3. The molecule has 0 fully saturated rings. The van der Waals surface area contributed by atoms with Crippen LogP contribution in [0.25, 0.3) is 0 Å². The summed E-state index contributed by atoms with van der Waals surface area (Å²) in [6.45, 7) is 1.72. The Bertz CT molecular complexity index is 465. The van der Waals surface area contributed by atoms with Crippen molar-refractivity contribution in [2.24, 2.45) is 5.92 Å². The van der Waals surface area contributed by atoms with Gasteiger partial charge in [0.2, 0.25) is 5.91 Å². The van der Waals surface area contributed by atoms with E-state index < -0.39 is 17.8 Å². The van der Waals surface area contributed by atoms with Crippen LogP contribution in [0.1, 0.15) is 12.5 Å². The summed E-state index contributed by atoms with van der Waals surface area (Å²) in [6, 6.07) is 5.40. The molecule has 18 heavy (non-hydrogen) atoms. The van der Waals surface area contributed by atoms with Crippen molar-refractivity contribution >= 4 is 39.4 Å². The lowest BCUT2D eigenvalue weighted by molar-refractivity contribution is -0.146. The van der Waals surface area contributed by atoms with E-state index in [9.17, 15) is 9.59 Å². The molecule has 1 amide bonds. The van der Waals surface area contributed by atoms with Gasteiger partial charge in [0.1, 0.15) is 5.92 Å². The van der Waals surface area contributed by atoms with Gasteiger partial charge < -0.3 is 10.4 Å². The standard InChI is InChI=1S/C12H13BrClNO3/c1-7(12(17)18)11(16)15-5-4-8-6-9(14)2-3-10(8)13/h2-3,6-7H,4-5H2,1H3,(H,15,16)(H,17,18). The van der Waals surface area contributed by atoms with E-state index >= 15 is 0 Å². The molecule has 1 aromatic carbocycles. The van der Waals surface area contributed by atoms with Crippen LogP contribution in [0.3, 0.4) is 0 Å². The summed E-state index contributed by atoms with van der Waals surface area (Å²) in [5.41, 5.74) is 0.964. The van der Waals surface area contributed by atoms with Crippen molar-refractivity contribution in [3.63, 3.8) is 0 Å². The third kappa shape index (κ3) is 4.31. The fourth-order valence-corrected chi connectivity index (χ4v) is 1.96. The minimum Gasteiger partial charge on any atom is -0.481 e. The number of aliphatic carboxylic acids is 1. The molecular weight excluding hydrogens is 321 g/mol. The summed E-state index contributed by atoms with van der Waals surface area (Å²) in [7, 11) is 0. The Morgan fingerprint density at radius 2 is 2.17 bits per heavy atom. The second kappa shape index (κ2) is 6.75. The number of nitrogens with one attached hydrogen (secondary N) is 1. The number of halogens is 2. The van der Waals surface area contributed by atoms with Crippen LogP contribution in [-0.2, 0) is 16.0 Å². The van der Waals surface area contributed by atoms with E-state index in [-0.39, 0.29) is 0 Å². The van der Waals surface area contributed by atoms with Gasteiger partial charge in [0, 0.05) is 16.0 Å². The summed E-state index contributed by atoms with van der Waals surface area (Å²) in [4.78, 5) is 22.0. The summed E-state index contributed by atoms with van der Waals surface area (Å²) < 4.78 is 0.910. The van der Waals surface area contributed by atoms with Crippen LogP contribution in [0.2, 0.25) is 5.02 Å². The minimum atomic E-state index is -1.13. The molecule has 0 saturated heterocycles. The number of hydrogen-bond acceptors (Lipinski definition) is 2. The number of hydrogen-bond donors (Lipinski definition) is 2. The van der Waals surface area contributed by atoms with Gasteiger partial charge in [0.25, 0.3) is 0 Å². The quantitative estimate of drug-likeness (QED) is 0.813. The molecule has 0 heterocycles. The molecule has 1 aromatic rings. The number of carbonyl (C=O) groups excluding carboxylic acids is 1. The van der Waals surface area contributed by atoms with Gasteiger partial charge in [0.05, 0.1) is 0 Å². The van der Waals surface area contributed by atoms with Crippen LogP contribution < -0.4 is 5.32 Å². The molecule has 0 bridgehead atoms. The molecule has 0 aliphatic carbocycles. The number of amides is 1. The SMILES string of the molecule is CC(C(=O)O)C(=O)NCCc1cc(Cl)ccc1Br. The molecule has 2 N–H and O–H groups in total. The van der Waals surface area contributed by atoms with Crippen molar-refractivity contribution in [3.8, 4) is 0 Å². The van der Waals surface area contributed by atoms with Crippen molar-refractivity contribution in [2.75, 3.05) is 6.54 Å².